The Balaban J connectivity index is 2.00. The summed E-state index contributed by atoms with van der Waals surface area (Å²) in [7, 11) is 1.39. The number of aromatic nitrogens is 1. The van der Waals surface area contributed by atoms with Gasteiger partial charge in [-0.25, -0.2) is 0 Å². The maximum Gasteiger partial charge on any atom is 0.310 e. The molecule has 3 rings (SSSR count). The Morgan fingerprint density at radius 3 is 2.48 bits per heavy atom. The van der Waals surface area contributed by atoms with Crippen LogP contribution >= 0.6 is 0 Å². The second-order valence-corrected chi connectivity index (χ2v) is 5.37. The largest absolute Gasteiger partial charge is 0.508 e. The van der Waals surface area contributed by atoms with E-state index in [0.717, 1.165) is 27.6 Å². The lowest BCUT2D eigenvalue weighted by atomic mass is 9.99. The summed E-state index contributed by atoms with van der Waals surface area (Å²) >= 11 is 0. The summed E-state index contributed by atoms with van der Waals surface area (Å²) in [6.07, 6.45) is 2.62. The number of benzene rings is 2. The number of hydrogen-bond acceptors (Lipinski definition) is 4. The number of hydrogen-bond donors (Lipinski definition) is 1. The number of nitrogens with zero attached hydrogens (tertiary/aromatic N) is 1. The van der Waals surface area contributed by atoms with Gasteiger partial charge < -0.3 is 9.84 Å². The van der Waals surface area contributed by atoms with Gasteiger partial charge in [-0.1, -0.05) is 36.4 Å². The highest BCUT2D eigenvalue weighted by Gasteiger charge is 2.11. The fraction of sp³-hybridized carbons (Fsp3) is 0.158. The Morgan fingerprint density at radius 2 is 1.78 bits per heavy atom. The van der Waals surface area contributed by atoms with Gasteiger partial charge in [-0.3, -0.25) is 9.78 Å². The number of carbonyl (C=O) groups excluding carboxylic acids is 1. The van der Waals surface area contributed by atoms with E-state index in [9.17, 15) is 9.90 Å². The lowest BCUT2D eigenvalue weighted by molar-refractivity contribution is -0.139. The van der Waals surface area contributed by atoms with Gasteiger partial charge in [0.05, 0.1) is 19.2 Å². The molecule has 0 saturated carbocycles. The van der Waals surface area contributed by atoms with Crippen molar-refractivity contribution in [3.05, 3.63) is 71.5 Å². The maximum absolute atomic E-state index is 11.6. The molecule has 0 radical (unpaired) electrons. The fourth-order valence-electron chi connectivity index (χ4n) is 2.63. The summed E-state index contributed by atoms with van der Waals surface area (Å²) in [6, 6.07) is 15.0. The Bertz CT molecular complexity index is 841. The molecule has 23 heavy (non-hydrogen) atoms. The first-order valence-electron chi connectivity index (χ1n) is 7.37. The molecule has 0 spiro atoms. The molecule has 0 aliphatic rings. The number of esters is 1. The molecule has 0 saturated heterocycles. The second-order valence-electron chi connectivity index (χ2n) is 5.37. The minimum Gasteiger partial charge on any atom is -0.508 e. The molecule has 1 aromatic heterocycles. The van der Waals surface area contributed by atoms with Crippen LogP contribution < -0.4 is 0 Å². The third-order valence-corrected chi connectivity index (χ3v) is 3.83. The summed E-state index contributed by atoms with van der Waals surface area (Å²) in [4.78, 5) is 16.1. The topological polar surface area (TPSA) is 59.4 Å². The van der Waals surface area contributed by atoms with Crippen molar-refractivity contribution in [1.29, 1.82) is 0 Å². The first-order chi connectivity index (χ1) is 11.2. The zero-order chi connectivity index (χ0) is 16.2. The van der Waals surface area contributed by atoms with E-state index in [4.69, 9.17) is 4.74 Å². The highest BCUT2D eigenvalue weighted by atomic mass is 16.5. The molecule has 4 heteroatoms. The van der Waals surface area contributed by atoms with Crippen molar-refractivity contribution in [1.82, 2.24) is 4.98 Å². The maximum atomic E-state index is 11.6. The van der Waals surface area contributed by atoms with Crippen LogP contribution in [0.15, 0.2) is 54.7 Å². The van der Waals surface area contributed by atoms with Crippen molar-refractivity contribution in [3.63, 3.8) is 0 Å². The van der Waals surface area contributed by atoms with Crippen molar-refractivity contribution in [2.24, 2.45) is 0 Å². The van der Waals surface area contributed by atoms with Crippen LogP contribution in [0.2, 0.25) is 0 Å². The molecule has 4 nitrogen and oxygen atoms in total. The third kappa shape index (κ3) is 3.31. The van der Waals surface area contributed by atoms with Crippen LogP contribution in [0, 0.1) is 0 Å². The number of fused-ring (bicyclic) bond motifs is 1. The smallest absolute Gasteiger partial charge is 0.310 e. The number of aromatic hydroxyl groups is 1. The van der Waals surface area contributed by atoms with E-state index in [1.807, 2.05) is 36.4 Å². The van der Waals surface area contributed by atoms with Gasteiger partial charge in [0.1, 0.15) is 5.75 Å². The zero-order valence-corrected chi connectivity index (χ0v) is 12.8. The highest BCUT2D eigenvalue weighted by molar-refractivity contribution is 5.90. The van der Waals surface area contributed by atoms with Gasteiger partial charge in [-0.05, 0) is 28.6 Å². The summed E-state index contributed by atoms with van der Waals surface area (Å²) < 4.78 is 4.75. The molecular weight excluding hydrogens is 290 g/mol. The van der Waals surface area contributed by atoms with E-state index >= 15 is 0 Å². The average Bonchev–Trinajstić information content (AvgIpc) is 2.59. The van der Waals surface area contributed by atoms with Crippen molar-refractivity contribution < 1.29 is 14.6 Å². The van der Waals surface area contributed by atoms with Crippen molar-refractivity contribution >= 4 is 16.7 Å². The van der Waals surface area contributed by atoms with E-state index in [2.05, 4.69) is 4.98 Å². The lowest BCUT2D eigenvalue weighted by Gasteiger charge is -2.10. The third-order valence-electron chi connectivity index (χ3n) is 3.83. The number of carbonyl (C=O) groups is 1. The number of rotatable bonds is 4. The number of methoxy groups -OCH3 is 1. The fourth-order valence-corrected chi connectivity index (χ4v) is 2.63. The summed E-state index contributed by atoms with van der Waals surface area (Å²) in [5.74, 6) is -0.0248. The van der Waals surface area contributed by atoms with Gasteiger partial charge in [0.15, 0.2) is 0 Å². The van der Waals surface area contributed by atoms with Crippen molar-refractivity contribution in [2.75, 3.05) is 7.11 Å². The Kier molecular flexibility index (Phi) is 4.24. The van der Waals surface area contributed by atoms with Crippen LogP contribution in [-0.4, -0.2) is 23.2 Å². The molecule has 116 valence electrons. The summed E-state index contributed by atoms with van der Waals surface area (Å²) in [5, 5.41) is 11.4. The predicted octanol–water partition coefficient (Wildman–Crippen LogP) is 3.25. The van der Waals surface area contributed by atoms with Crippen molar-refractivity contribution in [3.8, 4) is 5.75 Å². The van der Waals surface area contributed by atoms with Gasteiger partial charge >= 0.3 is 5.97 Å². The SMILES string of the molecule is COC(=O)Cc1cnc(Cc2ccc(O)cc2)c2ccccc12. The molecule has 1 heterocycles. The van der Waals surface area contributed by atoms with Gasteiger partial charge in [-0.15, -0.1) is 0 Å². The van der Waals surface area contributed by atoms with Gasteiger partial charge in [-0.2, -0.15) is 0 Å². The zero-order valence-electron chi connectivity index (χ0n) is 12.8. The summed E-state index contributed by atoms with van der Waals surface area (Å²) in [6.45, 7) is 0. The lowest BCUT2D eigenvalue weighted by Crippen LogP contribution is -2.06. The van der Waals surface area contributed by atoms with E-state index in [1.54, 1.807) is 18.3 Å². The summed E-state index contributed by atoms with van der Waals surface area (Å²) in [5.41, 5.74) is 2.88. The standard InChI is InChI=1S/C19H17NO3/c1-23-19(22)11-14-12-20-18(17-5-3-2-4-16(14)17)10-13-6-8-15(21)9-7-13/h2-9,12,21H,10-11H2,1H3. The van der Waals surface area contributed by atoms with Crippen LogP contribution in [0.4, 0.5) is 0 Å². The van der Waals surface area contributed by atoms with Gasteiger partial charge in [0.2, 0.25) is 0 Å². The molecule has 0 atom stereocenters. The molecule has 2 aromatic carbocycles. The monoisotopic (exact) mass is 307 g/mol. The van der Waals surface area contributed by atoms with E-state index < -0.39 is 0 Å². The molecule has 0 fully saturated rings. The van der Waals surface area contributed by atoms with Crippen LogP contribution in [-0.2, 0) is 22.4 Å². The Hall–Kier alpha value is -2.88. The number of pyridine rings is 1. The minimum atomic E-state index is -0.275. The number of ether oxygens (including phenoxy) is 1. The van der Waals surface area contributed by atoms with Gasteiger partial charge in [0.25, 0.3) is 0 Å². The first-order valence-corrected chi connectivity index (χ1v) is 7.37. The van der Waals surface area contributed by atoms with Crippen LogP contribution in [0.25, 0.3) is 10.8 Å². The van der Waals surface area contributed by atoms with E-state index in [1.165, 1.54) is 7.11 Å². The molecule has 0 amide bonds. The Morgan fingerprint density at radius 1 is 1.09 bits per heavy atom. The van der Waals surface area contributed by atoms with E-state index in [-0.39, 0.29) is 18.1 Å². The number of phenols is 1. The first kappa shape index (κ1) is 15.0. The highest BCUT2D eigenvalue weighted by Crippen LogP contribution is 2.24. The van der Waals surface area contributed by atoms with Crippen molar-refractivity contribution in [2.45, 2.75) is 12.8 Å². The number of phenolic OH excluding ortho intramolecular Hbond substituents is 1. The molecule has 1 N–H and O–H groups in total. The minimum absolute atomic E-state index is 0.212. The molecule has 0 aliphatic heterocycles. The van der Waals surface area contributed by atoms with Crippen LogP contribution in [0.1, 0.15) is 16.8 Å². The quantitative estimate of drug-likeness (QED) is 0.752. The average molecular weight is 307 g/mol. The Labute approximate surface area is 134 Å². The molecular formula is C19H17NO3. The van der Waals surface area contributed by atoms with Crippen LogP contribution in [0.3, 0.4) is 0 Å². The van der Waals surface area contributed by atoms with Gasteiger partial charge in [0, 0.05) is 18.0 Å². The van der Waals surface area contributed by atoms with E-state index in [0.29, 0.717) is 6.42 Å². The second kappa shape index (κ2) is 6.48. The molecule has 3 aromatic rings. The molecule has 0 unspecified atom stereocenters. The molecule has 0 aliphatic carbocycles. The normalized spacial score (nSPS) is 10.7. The van der Waals surface area contributed by atoms with Crippen LogP contribution in [0.5, 0.6) is 5.75 Å². The predicted molar refractivity (Wildman–Crippen MR) is 88.4 cm³/mol. The molecule has 0 bridgehead atoms.